The van der Waals surface area contributed by atoms with Gasteiger partial charge in [-0.1, -0.05) is 9.58 Å². The molecule has 0 saturated heterocycles. The van der Waals surface area contributed by atoms with E-state index in [0.717, 1.165) is 6.08 Å². The van der Waals surface area contributed by atoms with E-state index in [9.17, 15) is 8.87 Å². The Kier molecular flexibility index (Phi) is 1.33. The van der Waals surface area contributed by atoms with Crippen molar-refractivity contribution in [2.75, 3.05) is 0 Å². The molecule has 0 atom stereocenters. The Bertz CT molecular complexity index is 175. The Morgan fingerprint density at radius 3 is 2.89 bits per heavy atom. The van der Waals surface area contributed by atoms with Crippen LogP contribution in [-0.2, 0) is 0 Å². The summed E-state index contributed by atoms with van der Waals surface area (Å²) in [6.07, 6.45) is 1.09. The lowest BCUT2D eigenvalue weighted by Crippen LogP contribution is -2.28. The van der Waals surface area contributed by atoms with Crippen molar-refractivity contribution in [1.82, 2.24) is 10.8 Å². The number of hydrazone groups is 1. The molecule has 0 aromatic rings. The van der Waals surface area contributed by atoms with E-state index in [1.165, 1.54) is 6.92 Å². The zero-order valence-corrected chi connectivity index (χ0v) is 4.73. The van der Waals surface area contributed by atoms with Crippen molar-refractivity contribution in [3.05, 3.63) is 11.8 Å². The number of rotatable bonds is 0. The second-order valence-corrected chi connectivity index (χ2v) is 1.62. The maximum absolute atomic E-state index is 12.0. The summed E-state index contributed by atoms with van der Waals surface area (Å²) >= 11 is 0. The SMILES string of the molecule is CC1=CC(F)=NN(F)N1. The molecule has 1 rings (SSSR count). The molecule has 0 amide bonds. The average molecular weight is 133 g/mol. The number of halogens is 2. The van der Waals surface area contributed by atoms with Crippen LogP contribution in [0.4, 0.5) is 8.87 Å². The van der Waals surface area contributed by atoms with Crippen molar-refractivity contribution in [3.63, 3.8) is 0 Å². The highest BCUT2D eigenvalue weighted by atomic mass is 19.2. The Morgan fingerprint density at radius 1 is 1.78 bits per heavy atom. The molecule has 0 radical (unpaired) electrons. The highest BCUT2D eigenvalue weighted by Gasteiger charge is 2.06. The molecule has 0 aliphatic carbocycles. The maximum atomic E-state index is 12.0. The van der Waals surface area contributed by atoms with Gasteiger partial charge in [0.25, 0.3) is 0 Å². The zero-order chi connectivity index (χ0) is 6.85. The van der Waals surface area contributed by atoms with Crippen LogP contribution in [0.2, 0.25) is 0 Å². The minimum Gasteiger partial charge on any atom is -0.257 e. The fourth-order valence-electron chi connectivity index (χ4n) is 0.494. The van der Waals surface area contributed by atoms with E-state index < -0.39 is 5.97 Å². The van der Waals surface area contributed by atoms with E-state index in [1.54, 1.807) is 0 Å². The molecule has 1 heterocycles. The molecule has 5 heteroatoms. The van der Waals surface area contributed by atoms with Gasteiger partial charge >= 0.3 is 0 Å². The minimum absolute atomic E-state index is 0.176. The van der Waals surface area contributed by atoms with Crippen LogP contribution in [0.1, 0.15) is 6.92 Å². The van der Waals surface area contributed by atoms with Crippen LogP contribution in [0.5, 0.6) is 0 Å². The third kappa shape index (κ3) is 1.38. The van der Waals surface area contributed by atoms with Gasteiger partial charge in [0.1, 0.15) is 0 Å². The normalized spacial score (nSPS) is 18.3. The Hall–Kier alpha value is -1.13. The van der Waals surface area contributed by atoms with Crippen LogP contribution in [-0.4, -0.2) is 11.3 Å². The summed E-state index contributed by atoms with van der Waals surface area (Å²) in [6.45, 7) is 1.53. The molecular formula is C4H5F2N3. The van der Waals surface area contributed by atoms with E-state index in [-0.39, 0.29) is 5.34 Å². The highest BCUT2D eigenvalue weighted by Crippen LogP contribution is 2.01. The third-order valence-corrected chi connectivity index (χ3v) is 0.788. The fraction of sp³-hybridized carbons (Fsp3) is 0.250. The van der Waals surface area contributed by atoms with Crippen LogP contribution >= 0.6 is 0 Å². The van der Waals surface area contributed by atoms with Gasteiger partial charge in [0, 0.05) is 11.8 Å². The number of hydrazine groups is 1. The molecule has 0 aromatic carbocycles. The van der Waals surface area contributed by atoms with E-state index in [4.69, 9.17) is 0 Å². The van der Waals surface area contributed by atoms with Gasteiger partial charge in [0.15, 0.2) is 0 Å². The van der Waals surface area contributed by atoms with Crippen molar-refractivity contribution in [2.45, 2.75) is 6.92 Å². The molecule has 0 aromatic heterocycles. The molecule has 0 bridgehead atoms. The molecule has 0 spiro atoms. The lowest BCUT2D eigenvalue weighted by Gasteiger charge is -2.13. The van der Waals surface area contributed by atoms with Gasteiger partial charge in [0.2, 0.25) is 5.97 Å². The second kappa shape index (κ2) is 2.00. The largest absolute Gasteiger partial charge is 0.257 e. The second-order valence-electron chi connectivity index (χ2n) is 1.62. The molecule has 1 aliphatic rings. The molecule has 0 fully saturated rings. The first-order valence-electron chi connectivity index (χ1n) is 2.33. The minimum atomic E-state index is -0.839. The van der Waals surface area contributed by atoms with Crippen LogP contribution < -0.4 is 5.43 Å². The summed E-state index contributed by atoms with van der Waals surface area (Å²) in [5.74, 6) is -0.839. The predicted octanol–water partition coefficient (Wildman–Crippen LogP) is 0.878. The van der Waals surface area contributed by atoms with Crippen molar-refractivity contribution in [1.29, 1.82) is 0 Å². The van der Waals surface area contributed by atoms with Crippen LogP contribution in [0.25, 0.3) is 0 Å². The highest BCUT2D eigenvalue weighted by molar-refractivity contribution is 5.87. The average Bonchev–Trinajstić information content (AvgIpc) is 1.59. The van der Waals surface area contributed by atoms with E-state index in [1.807, 2.05) is 0 Å². The Labute approximate surface area is 50.6 Å². The first-order valence-corrected chi connectivity index (χ1v) is 2.33. The van der Waals surface area contributed by atoms with Gasteiger partial charge in [-0.05, 0) is 12.3 Å². The summed E-state index contributed by atoms with van der Waals surface area (Å²) in [6, 6.07) is 0. The third-order valence-electron chi connectivity index (χ3n) is 0.788. The summed E-state index contributed by atoms with van der Waals surface area (Å²) < 4.78 is 24.0. The molecule has 1 aliphatic heterocycles. The summed E-state index contributed by atoms with van der Waals surface area (Å²) in [7, 11) is 0. The molecule has 3 nitrogen and oxygen atoms in total. The molecule has 0 saturated carbocycles. The monoisotopic (exact) mass is 133 g/mol. The van der Waals surface area contributed by atoms with Gasteiger partial charge in [-0.2, -0.15) is 4.39 Å². The lowest BCUT2D eigenvalue weighted by atomic mass is 10.4. The number of nitrogens with zero attached hydrogens (tertiary/aromatic N) is 2. The van der Waals surface area contributed by atoms with Gasteiger partial charge < -0.3 is 0 Å². The number of hydrogen-bond donors (Lipinski definition) is 1. The zero-order valence-electron chi connectivity index (χ0n) is 4.73. The quantitative estimate of drug-likeness (QED) is 0.496. The van der Waals surface area contributed by atoms with Crippen LogP contribution in [0, 0.1) is 0 Å². The van der Waals surface area contributed by atoms with Crippen LogP contribution in [0.3, 0.4) is 0 Å². The first-order chi connectivity index (χ1) is 4.18. The number of nitrogens with one attached hydrogen (secondary N) is 1. The molecule has 1 N–H and O–H groups in total. The molecule has 0 unspecified atom stereocenters. The molecule has 50 valence electrons. The summed E-state index contributed by atoms with van der Waals surface area (Å²) in [5, 5.41) is 2.59. The van der Waals surface area contributed by atoms with Gasteiger partial charge in [-0.25, -0.2) is 0 Å². The van der Waals surface area contributed by atoms with Crippen molar-refractivity contribution >= 4 is 5.97 Å². The van der Waals surface area contributed by atoms with Crippen molar-refractivity contribution in [2.24, 2.45) is 5.10 Å². The van der Waals surface area contributed by atoms with Crippen molar-refractivity contribution < 1.29 is 8.87 Å². The summed E-state index contributed by atoms with van der Waals surface area (Å²) in [4.78, 5) is 0. The van der Waals surface area contributed by atoms with Crippen molar-refractivity contribution in [3.8, 4) is 0 Å². The van der Waals surface area contributed by atoms with Gasteiger partial charge in [0.05, 0.1) is 0 Å². The first kappa shape index (κ1) is 6.00. The maximum Gasteiger partial charge on any atom is 0.237 e. The van der Waals surface area contributed by atoms with E-state index >= 15 is 0 Å². The molecular weight excluding hydrogens is 128 g/mol. The predicted molar refractivity (Wildman–Crippen MR) is 28.4 cm³/mol. The Balaban J connectivity index is 2.74. The van der Waals surface area contributed by atoms with Gasteiger partial charge in [-0.3, -0.25) is 5.43 Å². The van der Waals surface area contributed by atoms with Gasteiger partial charge in [-0.15, -0.1) is 0 Å². The topological polar surface area (TPSA) is 27.6 Å². The standard InChI is InChI=1S/C4H5F2N3/c1-3-2-4(5)8-9(6)7-3/h2,7H,1H3. The molecule has 9 heavy (non-hydrogen) atoms. The summed E-state index contributed by atoms with van der Waals surface area (Å²) in [5.41, 5.74) is 2.49. The number of hydrogen-bond acceptors (Lipinski definition) is 3. The van der Waals surface area contributed by atoms with Crippen LogP contribution in [0.15, 0.2) is 16.9 Å². The Morgan fingerprint density at radius 2 is 2.44 bits per heavy atom. The fourth-order valence-corrected chi connectivity index (χ4v) is 0.494. The smallest absolute Gasteiger partial charge is 0.237 e. The number of allylic oxidation sites excluding steroid dienone is 2. The van der Waals surface area contributed by atoms with E-state index in [2.05, 4.69) is 10.5 Å². The van der Waals surface area contributed by atoms with E-state index in [0.29, 0.717) is 5.70 Å². The lowest BCUT2D eigenvalue weighted by molar-refractivity contribution is -0.0202.